The minimum Gasteiger partial charge on any atom is -0.496 e. The maximum absolute atomic E-state index is 12.8. The predicted octanol–water partition coefficient (Wildman–Crippen LogP) is 6.18. The molecule has 4 aromatic rings. The molecule has 1 N–H and O–H groups in total. The molecular formula is C25H21BrClN3O4. The molecule has 0 aliphatic rings. The van der Waals surface area contributed by atoms with Crippen LogP contribution in [0.3, 0.4) is 0 Å². The van der Waals surface area contributed by atoms with Crippen molar-refractivity contribution in [1.82, 2.24) is 9.78 Å². The van der Waals surface area contributed by atoms with Crippen LogP contribution >= 0.6 is 27.5 Å². The first-order valence-corrected chi connectivity index (χ1v) is 11.4. The van der Waals surface area contributed by atoms with Gasteiger partial charge in [-0.1, -0.05) is 27.5 Å². The number of carbonyl (C=O) groups excluding carboxylic acids is 1. The van der Waals surface area contributed by atoms with Crippen molar-refractivity contribution in [3.05, 3.63) is 99.7 Å². The molecular weight excluding hydrogens is 522 g/mol. The highest BCUT2D eigenvalue weighted by Crippen LogP contribution is 2.24. The van der Waals surface area contributed by atoms with Crippen LogP contribution in [0.25, 0.3) is 0 Å². The molecule has 1 aromatic heterocycles. The first-order chi connectivity index (χ1) is 16.5. The number of nitrogens with zero attached hydrogens (tertiary/aromatic N) is 2. The zero-order valence-corrected chi connectivity index (χ0v) is 20.5. The van der Waals surface area contributed by atoms with Crippen LogP contribution in [0.15, 0.2) is 83.6 Å². The molecule has 34 heavy (non-hydrogen) atoms. The molecule has 1 amide bonds. The van der Waals surface area contributed by atoms with E-state index in [4.69, 9.17) is 25.8 Å². The molecule has 0 radical (unpaired) electrons. The van der Waals surface area contributed by atoms with Gasteiger partial charge in [0.2, 0.25) is 0 Å². The third kappa shape index (κ3) is 6.30. The van der Waals surface area contributed by atoms with Gasteiger partial charge in [0.25, 0.3) is 5.91 Å². The van der Waals surface area contributed by atoms with Gasteiger partial charge in [0.05, 0.1) is 25.2 Å². The summed E-state index contributed by atoms with van der Waals surface area (Å²) < 4.78 is 19.5. The van der Waals surface area contributed by atoms with E-state index in [9.17, 15) is 4.79 Å². The Bertz CT molecular complexity index is 1260. The van der Waals surface area contributed by atoms with E-state index < -0.39 is 0 Å². The fourth-order valence-electron chi connectivity index (χ4n) is 3.10. The van der Waals surface area contributed by atoms with Crippen LogP contribution in [0, 0.1) is 0 Å². The molecule has 4 rings (SSSR count). The first-order valence-electron chi connectivity index (χ1n) is 10.3. The number of hydrogen-bond donors (Lipinski definition) is 1. The molecule has 3 aromatic carbocycles. The lowest BCUT2D eigenvalue weighted by Crippen LogP contribution is -2.12. The molecule has 0 aliphatic carbocycles. The van der Waals surface area contributed by atoms with Gasteiger partial charge >= 0.3 is 0 Å². The summed E-state index contributed by atoms with van der Waals surface area (Å²) in [6, 6.07) is 19.7. The molecule has 174 valence electrons. The SMILES string of the molecule is COc1ccc(C(=O)Nc2cnn(COc3ccc(Br)cc3)c2)cc1COc1ccc(Cl)cc1. The summed E-state index contributed by atoms with van der Waals surface area (Å²) in [5.74, 6) is 1.74. The highest BCUT2D eigenvalue weighted by Gasteiger charge is 2.12. The van der Waals surface area contributed by atoms with Crippen LogP contribution in [0.1, 0.15) is 15.9 Å². The summed E-state index contributed by atoms with van der Waals surface area (Å²) in [5, 5.41) is 7.71. The van der Waals surface area contributed by atoms with Crippen LogP contribution < -0.4 is 19.5 Å². The zero-order valence-electron chi connectivity index (χ0n) is 18.2. The average molecular weight is 543 g/mol. The maximum Gasteiger partial charge on any atom is 0.255 e. The van der Waals surface area contributed by atoms with Crippen LogP contribution in [0.5, 0.6) is 17.2 Å². The van der Waals surface area contributed by atoms with E-state index in [0.29, 0.717) is 27.8 Å². The number of ether oxygens (including phenoxy) is 3. The van der Waals surface area contributed by atoms with E-state index in [1.54, 1.807) is 66.6 Å². The quantitative estimate of drug-likeness (QED) is 0.274. The van der Waals surface area contributed by atoms with E-state index in [1.807, 2.05) is 24.3 Å². The number of halogens is 2. The van der Waals surface area contributed by atoms with Crippen molar-refractivity contribution in [2.45, 2.75) is 13.3 Å². The van der Waals surface area contributed by atoms with Crippen molar-refractivity contribution >= 4 is 39.1 Å². The number of nitrogens with one attached hydrogen (secondary N) is 1. The number of amides is 1. The van der Waals surface area contributed by atoms with Crippen molar-refractivity contribution in [1.29, 1.82) is 0 Å². The van der Waals surface area contributed by atoms with Gasteiger partial charge in [0.15, 0.2) is 6.73 Å². The smallest absolute Gasteiger partial charge is 0.255 e. The average Bonchev–Trinajstić information content (AvgIpc) is 3.30. The number of rotatable bonds is 9. The normalized spacial score (nSPS) is 10.6. The molecule has 0 spiro atoms. The second-order valence-electron chi connectivity index (χ2n) is 7.22. The molecule has 0 atom stereocenters. The van der Waals surface area contributed by atoms with Crippen molar-refractivity contribution < 1.29 is 19.0 Å². The van der Waals surface area contributed by atoms with Gasteiger partial charge in [-0.3, -0.25) is 4.79 Å². The maximum atomic E-state index is 12.8. The Kier molecular flexibility index (Phi) is 7.72. The summed E-state index contributed by atoms with van der Waals surface area (Å²) >= 11 is 9.31. The Hall–Kier alpha value is -3.49. The Morgan fingerprint density at radius 3 is 2.47 bits per heavy atom. The van der Waals surface area contributed by atoms with E-state index in [0.717, 1.165) is 15.8 Å². The van der Waals surface area contributed by atoms with Crippen molar-refractivity contribution in [3.63, 3.8) is 0 Å². The van der Waals surface area contributed by atoms with Crippen LogP contribution in [0.2, 0.25) is 5.02 Å². The number of anilines is 1. The number of aromatic nitrogens is 2. The molecule has 7 nitrogen and oxygen atoms in total. The fraction of sp³-hybridized carbons (Fsp3) is 0.120. The van der Waals surface area contributed by atoms with E-state index in [1.165, 1.54) is 0 Å². The number of hydrogen-bond acceptors (Lipinski definition) is 5. The van der Waals surface area contributed by atoms with E-state index >= 15 is 0 Å². The van der Waals surface area contributed by atoms with Gasteiger partial charge in [0, 0.05) is 20.6 Å². The largest absolute Gasteiger partial charge is 0.496 e. The molecule has 0 saturated heterocycles. The van der Waals surface area contributed by atoms with Crippen molar-refractivity contribution in [2.24, 2.45) is 0 Å². The van der Waals surface area contributed by atoms with E-state index in [2.05, 4.69) is 26.3 Å². The predicted molar refractivity (Wildman–Crippen MR) is 134 cm³/mol. The standard InChI is InChI=1S/C25H21BrClN3O4/c1-32-24-11-2-17(12-18(24)15-33-22-9-5-20(27)6-10-22)25(31)29-21-13-28-30(14-21)16-34-23-7-3-19(26)4-8-23/h2-14H,15-16H2,1H3,(H,29,31). The molecule has 0 fully saturated rings. The molecule has 0 aliphatic heterocycles. The summed E-state index contributed by atoms with van der Waals surface area (Å²) in [6.07, 6.45) is 3.27. The lowest BCUT2D eigenvalue weighted by Gasteiger charge is -2.12. The second kappa shape index (κ2) is 11.1. The Balaban J connectivity index is 1.38. The highest BCUT2D eigenvalue weighted by atomic mass is 79.9. The van der Waals surface area contributed by atoms with Crippen LogP contribution in [-0.4, -0.2) is 22.8 Å². The Morgan fingerprint density at radius 2 is 1.74 bits per heavy atom. The van der Waals surface area contributed by atoms with Crippen LogP contribution in [0.4, 0.5) is 5.69 Å². The van der Waals surface area contributed by atoms with Gasteiger partial charge in [-0.25, -0.2) is 4.68 Å². The molecule has 0 saturated carbocycles. The van der Waals surface area contributed by atoms with Crippen molar-refractivity contribution in [3.8, 4) is 17.2 Å². The molecule has 1 heterocycles. The molecule has 0 unspecified atom stereocenters. The van der Waals surface area contributed by atoms with Gasteiger partial charge in [-0.15, -0.1) is 0 Å². The second-order valence-corrected chi connectivity index (χ2v) is 8.57. The van der Waals surface area contributed by atoms with Gasteiger partial charge in [0.1, 0.15) is 23.9 Å². The fourth-order valence-corrected chi connectivity index (χ4v) is 3.49. The minimum atomic E-state index is -0.274. The van der Waals surface area contributed by atoms with Crippen molar-refractivity contribution in [2.75, 3.05) is 12.4 Å². The summed E-state index contributed by atoms with van der Waals surface area (Å²) in [6.45, 7) is 0.448. The summed E-state index contributed by atoms with van der Waals surface area (Å²) in [5.41, 5.74) is 1.76. The number of methoxy groups -OCH3 is 1. The van der Waals surface area contributed by atoms with E-state index in [-0.39, 0.29) is 19.2 Å². The van der Waals surface area contributed by atoms with Gasteiger partial charge in [-0.05, 0) is 66.7 Å². The monoisotopic (exact) mass is 541 g/mol. The molecule has 9 heteroatoms. The minimum absolute atomic E-state index is 0.215. The lowest BCUT2D eigenvalue weighted by molar-refractivity contribution is 0.102. The Morgan fingerprint density at radius 1 is 1.03 bits per heavy atom. The summed E-state index contributed by atoms with van der Waals surface area (Å²) in [7, 11) is 1.58. The number of carbonyl (C=O) groups is 1. The Labute approximate surface area is 210 Å². The van der Waals surface area contributed by atoms with Gasteiger partial charge < -0.3 is 19.5 Å². The third-order valence-corrected chi connectivity index (χ3v) is 5.60. The van der Waals surface area contributed by atoms with Gasteiger partial charge in [-0.2, -0.15) is 5.10 Å². The lowest BCUT2D eigenvalue weighted by atomic mass is 10.1. The first kappa shape index (κ1) is 23.7. The summed E-state index contributed by atoms with van der Waals surface area (Å²) in [4.78, 5) is 12.8. The topological polar surface area (TPSA) is 74.6 Å². The highest BCUT2D eigenvalue weighted by molar-refractivity contribution is 9.10. The third-order valence-electron chi connectivity index (χ3n) is 4.82. The zero-order chi connectivity index (χ0) is 23.9. The number of benzene rings is 3. The molecule has 0 bridgehead atoms. The van der Waals surface area contributed by atoms with Crippen LogP contribution in [-0.2, 0) is 13.3 Å².